The summed E-state index contributed by atoms with van der Waals surface area (Å²) in [4.78, 5) is 23.8. The summed E-state index contributed by atoms with van der Waals surface area (Å²) in [5, 5.41) is 5.83. The van der Waals surface area contributed by atoms with Gasteiger partial charge in [-0.25, -0.2) is 0 Å². The van der Waals surface area contributed by atoms with Gasteiger partial charge in [-0.3, -0.25) is 9.59 Å². The normalized spacial score (nSPS) is 13.0. The first-order valence-electron chi connectivity index (χ1n) is 7.82. The maximum Gasteiger partial charge on any atom is 0.222 e. The number of carbonyl (C=O) groups excluding carboxylic acids is 2. The minimum Gasteiger partial charge on any atom is -0.350 e. The number of benzene rings is 2. The van der Waals surface area contributed by atoms with Gasteiger partial charge in [0.05, 0.1) is 18.5 Å². The molecule has 2 aromatic carbocycles. The number of hydrogen-bond donors (Lipinski definition) is 2. The summed E-state index contributed by atoms with van der Waals surface area (Å²) in [6.45, 7) is 3.40. The third-order valence-electron chi connectivity index (χ3n) is 3.72. The van der Waals surface area contributed by atoms with Crippen molar-refractivity contribution in [3.8, 4) is 0 Å². The van der Waals surface area contributed by atoms with Gasteiger partial charge in [0.25, 0.3) is 0 Å². The highest BCUT2D eigenvalue weighted by Gasteiger charge is 2.18. The molecule has 0 aliphatic carbocycles. The molecule has 126 valence electrons. The Morgan fingerprint density at radius 3 is 2.17 bits per heavy atom. The molecule has 24 heavy (non-hydrogen) atoms. The van der Waals surface area contributed by atoms with Gasteiger partial charge in [0.1, 0.15) is 0 Å². The predicted octanol–water partition coefficient (Wildman–Crippen LogP) is 3.89. The van der Waals surface area contributed by atoms with Gasteiger partial charge >= 0.3 is 0 Å². The van der Waals surface area contributed by atoms with Crippen molar-refractivity contribution in [2.45, 2.75) is 32.4 Å². The van der Waals surface area contributed by atoms with Gasteiger partial charge in [0.2, 0.25) is 11.8 Å². The van der Waals surface area contributed by atoms with E-state index < -0.39 is 0 Å². The lowest BCUT2D eigenvalue weighted by molar-refractivity contribution is -0.123. The molecule has 2 rings (SSSR count). The maximum atomic E-state index is 12.4. The molecule has 2 N–H and O–H groups in total. The van der Waals surface area contributed by atoms with Gasteiger partial charge in [-0.1, -0.05) is 58.4 Å². The Kier molecular flexibility index (Phi) is 6.55. The van der Waals surface area contributed by atoms with E-state index in [9.17, 15) is 9.59 Å². The molecule has 0 aliphatic heterocycles. The highest BCUT2D eigenvalue weighted by atomic mass is 79.9. The van der Waals surface area contributed by atoms with Crippen LogP contribution in [0.2, 0.25) is 0 Å². The van der Waals surface area contributed by atoms with E-state index in [0.717, 1.165) is 15.6 Å². The van der Waals surface area contributed by atoms with Gasteiger partial charge in [-0.05, 0) is 30.2 Å². The van der Waals surface area contributed by atoms with E-state index in [2.05, 4.69) is 26.6 Å². The number of hydrogen-bond acceptors (Lipinski definition) is 2. The van der Waals surface area contributed by atoms with Gasteiger partial charge in [-0.15, -0.1) is 0 Å². The van der Waals surface area contributed by atoms with E-state index in [0.29, 0.717) is 0 Å². The van der Waals surface area contributed by atoms with Crippen LogP contribution in [-0.2, 0) is 9.59 Å². The van der Waals surface area contributed by atoms with E-state index >= 15 is 0 Å². The molecule has 5 heteroatoms. The van der Waals surface area contributed by atoms with Crippen LogP contribution in [0, 0.1) is 0 Å². The SMILES string of the molecule is CC(=O)N[C@@H](CC(=O)N[C@H](C)c1ccc(Br)cc1)c1ccccc1. The molecule has 0 radical (unpaired) electrons. The zero-order valence-corrected chi connectivity index (χ0v) is 15.3. The van der Waals surface area contributed by atoms with Crippen LogP contribution in [0.15, 0.2) is 59.1 Å². The van der Waals surface area contributed by atoms with Crippen LogP contribution in [0.3, 0.4) is 0 Å². The third kappa shape index (κ3) is 5.49. The molecule has 0 unspecified atom stereocenters. The first-order valence-corrected chi connectivity index (χ1v) is 8.62. The summed E-state index contributed by atoms with van der Waals surface area (Å²) >= 11 is 3.40. The van der Waals surface area contributed by atoms with Crippen molar-refractivity contribution < 1.29 is 9.59 Å². The van der Waals surface area contributed by atoms with Crippen LogP contribution < -0.4 is 10.6 Å². The molecule has 0 heterocycles. The summed E-state index contributed by atoms with van der Waals surface area (Å²) in [5.41, 5.74) is 1.95. The smallest absolute Gasteiger partial charge is 0.222 e. The van der Waals surface area contributed by atoms with Crippen LogP contribution in [0.4, 0.5) is 0 Å². The number of carbonyl (C=O) groups is 2. The van der Waals surface area contributed by atoms with Crippen LogP contribution in [0.25, 0.3) is 0 Å². The summed E-state index contributed by atoms with van der Waals surface area (Å²) in [7, 11) is 0. The van der Waals surface area contributed by atoms with Gasteiger partial charge < -0.3 is 10.6 Å². The zero-order valence-electron chi connectivity index (χ0n) is 13.8. The molecule has 2 atom stereocenters. The minimum absolute atomic E-state index is 0.0978. The Balaban J connectivity index is 2.02. The fourth-order valence-electron chi connectivity index (χ4n) is 2.50. The monoisotopic (exact) mass is 388 g/mol. The van der Waals surface area contributed by atoms with Crippen molar-refractivity contribution >= 4 is 27.7 Å². The van der Waals surface area contributed by atoms with Crippen molar-refractivity contribution in [3.05, 3.63) is 70.2 Å². The number of nitrogens with one attached hydrogen (secondary N) is 2. The topological polar surface area (TPSA) is 58.2 Å². The van der Waals surface area contributed by atoms with E-state index in [1.165, 1.54) is 6.92 Å². The second-order valence-electron chi connectivity index (χ2n) is 5.71. The quantitative estimate of drug-likeness (QED) is 0.788. The minimum atomic E-state index is -0.333. The molecule has 0 aromatic heterocycles. The molecule has 0 spiro atoms. The van der Waals surface area contributed by atoms with Crippen molar-refractivity contribution in [1.29, 1.82) is 0 Å². The largest absolute Gasteiger partial charge is 0.350 e. The Morgan fingerprint density at radius 2 is 1.58 bits per heavy atom. The molecule has 0 aliphatic rings. The Labute approximate surface area is 150 Å². The fraction of sp³-hybridized carbons (Fsp3) is 0.263. The molecular weight excluding hydrogens is 368 g/mol. The standard InChI is InChI=1S/C19H21BrN2O2/c1-13(15-8-10-17(20)11-9-15)21-19(24)12-18(22-14(2)23)16-6-4-3-5-7-16/h3-11,13,18H,12H2,1-2H3,(H,21,24)(H,22,23)/t13-,18+/m1/s1. The average molecular weight is 389 g/mol. The average Bonchev–Trinajstić information content (AvgIpc) is 2.55. The predicted molar refractivity (Wildman–Crippen MR) is 98.3 cm³/mol. The van der Waals surface area contributed by atoms with Crippen LogP contribution in [0.5, 0.6) is 0 Å². The van der Waals surface area contributed by atoms with E-state index in [1.54, 1.807) is 0 Å². The van der Waals surface area contributed by atoms with Gasteiger partial charge in [0.15, 0.2) is 0 Å². The highest BCUT2D eigenvalue weighted by molar-refractivity contribution is 9.10. The number of halogens is 1. The molecule has 0 bridgehead atoms. The summed E-state index contributed by atoms with van der Waals surface area (Å²) in [5.74, 6) is -0.259. The van der Waals surface area contributed by atoms with Crippen LogP contribution in [-0.4, -0.2) is 11.8 Å². The lowest BCUT2D eigenvalue weighted by atomic mass is 10.0. The molecule has 0 saturated heterocycles. The summed E-state index contributed by atoms with van der Waals surface area (Å²) in [6.07, 6.45) is 0.199. The summed E-state index contributed by atoms with van der Waals surface area (Å²) in [6, 6.07) is 16.9. The first kappa shape index (κ1) is 18.2. The zero-order chi connectivity index (χ0) is 17.5. The van der Waals surface area contributed by atoms with Crippen molar-refractivity contribution in [2.75, 3.05) is 0 Å². The Morgan fingerprint density at radius 1 is 0.958 bits per heavy atom. The maximum absolute atomic E-state index is 12.4. The molecule has 2 amide bonds. The lowest BCUT2D eigenvalue weighted by Gasteiger charge is -2.20. The summed E-state index contributed by atoms with van der Waals surface area (Å²) < 4.78 is 1.000. The number of rotatable bonds is 6. The van der Waals surface area contributed by atoms with Gasteiger partial charge in [-0.2, -0.15) is 0 Å². The molecule has 0 fully saturated rings. The Hall–Kier alpha value is -2.14. The van der Waals surface area contributed by atoms with Crippen LogP contribution in [0.1, 0.15) is 43.5 Å². The number of amides is 2. The van der Waals surface area contributed by atoms with Crippen LogP contribution >= 0.6 is 15.9 Å². The molecule has 4 nitrogen and oxygen atoms in total. The lowest BCUT2D eigenvalue weighted by Crippen LogP contribution is -2.33. The second kappa shape index (κ2) is 8.64. The van der Waals surface area contributed by atoms with Crippen molar-refractivity contribution in [2.24, 2.45) is 0 Å². The highest BCUT2D eigenvalue weighted by Crippen LogP contribution is 2.19. The fourth-order valence-corrected chi connectivity index (χ4v) is 2.77. The molecular formula is C19H21BrN2O2. The van der Waals surface area contributed by atoms with E-state index in [1.807, 2.05) is 61.5 Å². The van der Waals surface area contributed by atoms with E-state index in [-0.39, 0.29) is 30.3 Å². The molecule has 0 saturated carbocycles. The van der Waals surface area contributed by atoms with E-state index in [4.69, 9.17) is 0 Å². The third-order valence-corrected chi connectivity index (χ3v) is 4.25. The molecule has 2 aromatic rings. The Bertz CT molecular complexity index is 686. The first-order chi connectivity index (χ1) is 11.5. The second-order valence-corrected chi connectivity index (χ2v) is 6.62. The van der Waals surface area contributed by atoms with Gasteiger partial charge in [0, 0.05) is 11.4 Å². The van der Waals surface area contributed by atoms with Crippen molar-refractivity contribution in [3.63, 3.8) is 0 Å². The van der Waals surface area contributed by atoms with Crippen molar-refractivity contribution in [1.82, 2.24) is 10.6 Å².